The van der Waals surface area contributed by atoms with Gasteiger partial charge in [-0.1, -0.05) is 12.1 Å². The van der Waals surface area contributed by atoms with Crippen molar-refractivity contribution in [1.29, 1.82) is 0 Å². The minimum absolute atomic E-state index is 0.0625. The fraction of sp³-hybridized carbons (Fsp3) is 0.556. The van der Waals surface area contributed by atoms with Gasteiger partial charge in [-0.05, 0) is 25.5 Å². The van der Waals surface area contributed by atoms with Crippen LogP contribution in [-0.4, -0.2) is 73.7 Å². The van der Waals surface area contributed by atoms with E-state index in [9.17, 15) is 9.59 Å². The van der Waals surface area contributed by atoms with E-state index in [1.54, 1.807) is 17.9 Å². The fourth-order valence-electron chi connectivity index (χ4n) is 3.08. The molecule has 0 aliphatic carbocycles. The number of nitrogens with zero attached hydrogens (tertiary/aromatic N) is 2. The number of rotatable bonds is 4. The Hall–Kier alpha value is -2.28. The van der Waals surface area contributed by atoms with Crippen LogP contribution in [0.3, 0.4) is 0 Å². The van der Waals surface area contributed by atoms with E-state index in [-0.39, 0.29) is 25.0 Å². The number of carbonyl (C=O) groups excluding carboxylic acids is 2. The van der Waals surface area contributed by atoms with E-state index < -0.39 is 6.10 Å². The zero-order chi connectivity index (χ0) is 17.6. The molecule has 1 unspecified atom stereocenters. The predicted molar refractivity (Wildman–Crippen MR) is 90.6 cm³/mol. The van der Waals surface area contributed by atoms with Gasteiger partial charge >= 0.3 is 5.97 Å². The maximum Gasteiger partial charge on any atom is 0.320 e. The minimum Gasteiger partial charge on any atom is -0.485 e. The molecule has 3 rings (SSSR count). The maximum atomic E-state index is 12.8. The van der Waals surface area contributed by atoms with Gasteiger partial charge in [0.05, 0.1) is 13.2 Å². The first kappa shape index (κ1) is 17.5. The lowest BCUT2D eigenvalue weighted by atomic mass is 10.2. The molecule has 0 radical (unpaired) electrons. The molecule has 2 heterocycles. The van der Waals surface area contributed by atoms with E-state index in [2.05, 4.69) is 0 Å². The van der Waals surface area contributed by atoms with Gasteiger partial charge in [0.25, 0.3) is 5.91 Å². The van der Waals surface area contributed by atoms with Crippen molar-refractivity contribution in [2.45, 2.75) is 19.4 Å². The van der Waals surface area contributed by atoms with Crippen molar-refractivity contribution in [3.63, 3.8) is 0 Å². The normalized spacial score (nSPS) is 20.7. The second-order valence-corrected chi connectivity index (χ2v) is 6.12. The third kappa shape index (κ3) is 4.42. The standard InChI is InChI=1S/C18H24N2O5/c1-2-23-17(21)12-19-8-5-9-20(11-10-19)18(22)16-13-24-14-6-3-4-7-15(14)25-16/h3-4,6-7,16H,2,5,8-13H2,1H3. The average Bonchev–Trinajstić information content (AvgIpc) is 2.86. The molecule has 2 aliphatic heterocycles. The highest BCUT2D eigenvalue weighted by atomic mass is 16.6. The average molecular weight is 348 g/mol. The molecular formula is C18H24N2O5. The topological polar surface area (TPSA) is 68.3 Å². The number of benzene rings is 1. The highest BCUT2D eigenvalue weighted by Crippen LogP contribution is 2.31. The summed E-state index contributed by atoms with van der Waals surface area (Å²) >= 11 is 0. The van der Waals surface area contributed by atoms with Crippen LogP contribution in [0.15, 0.2) is 24.3 Å². The van der Waals surface area contributed by atoms with Gasteiger partial charge in [-0.15, -0.1) is 0 Å². The van der Waals surface area contributed by atoms with Gasteiger partial charge in [-0.2, -0.15) is 0 Å². The van der Waals surface area contributed by atoms with Crippen LogP contribution in [0.2, 0.25) is 0 Å². The largest absolute Gasteiger partial charge is 0.485 e. The fourth-order valence-corrected chi connectivity index (χ4v) is 3.08. The summed E-state index contributed by atoms with van der Waals surface area (Å²) in [4.78, 5) is 28.2. The van der Waals surface area contributed by atoms with Gasteiger partial charge in [0, 0.05) is 26.2 Å². The molecule has 1 fully saturated rings. The Kier molecular flexibility index (Phi) is 5.75. The summed E-state index contributed by atoms with van der Waals surface area (Å²) in [5.41, 5.74) is 0. The van der Waals surface area contributed by atoms with Gasteiger partial charge in [0.2, 0.25) is 6.10 Å². The summed E-state index contributed by atoms with van der Waals surface area (Å²) < 4.78 is 16.4. The highest BCUT2D eigenvalue weighted by Gasteiger charge is 2.32. The third-order valence-corrected chi connectivity index (χ3v) is 4.34. The van der Waals surface area contributed by atoms with Crippen molar-refractivity contribution in [3.8, 4) is 11.5 Å². The molecular weight excluding hydrogens is 324 g/mol. The van der Waals surface area contributed by atoms with Crippen LogP contribution in [0.25, 0.3) is 0 Å². The molecule has 0 bridgehead atoms. The SMILES string of the molecule is CCOC(=O)CN1CCCN(C(=O)C2COc3ccccc3O2)CC1. The van der Waals surface area contributed by atoms with Crippen molar-refractivity contribution in [2.75, 3.05) is 45.9 Å². The number of para-hydroxylation sites is 2. The van der Waals surface area contributed by atoms with E-state index in [0.717, 1.165) is 13.0 Å². The molecule has 1 amide bonds. The van der Waals surface area contributed by atoms with E-state index in [1.165, 1.54) is 0 Å². The number of esters is 1. The molecule has 0 spiro atoms. The highest BCUT2D eigenvalue weighted by molar-refractivity contribution is 5.82. The predicted octanol–water partition coefficient (Wildman–Crippen LogP) is 0.924. The van der Waals surface area contributed by atoms with Crippen LogP contribution in [0.5, 0.6) is 11.5 Å². The minimum atomic E-state index is -0.619. The maximum absolute atomic E-state index is 12.8. The Bertz CT molecular complexity index is 621. The van der Waals surface area contributed by atoms with Gasteiger partial charge in [0.15, 0.2) is 11.5 Å². The Morgan fingerprint density at radius 3 is 2.76 bits per heavy atom. The molecule has 7 nitrogen and oxygen atoms in total. The van der Waals surface area contributed by atoms with E-state index in [4.69, 9.17) is 14.2 Å². The smallest absolute Gasteiger partial charge is 0.320 e. The van der Waals surface area contributed by atoms with Gasteiger partial charge < -0.3 is 19.1 Å². The van der Waals surface area contributed by atoms with Crippen LogP contribution in [0.4, 0.5) is 0 Å². The van der Waals surface area contributed by atoms with Gasteiger partial charge in [0.1, 0.15) is 6.61 Å². The first-order chi connectivity index (χ1) is 12.2. The van der Waals surface area contributed by atoms with E-state index in [1.807, 2.05) is 23.1 Å². The molecule has 7 heteroatoms. The molecule has 1 atom stereocenters. The van der Waals surface area contributed by atoms with Crippen molar-refractivity contribution < 1.29 is 23.8 Å². The van der Waals surface area contributed by atoms with Crippen LogP contribution < -0.4 is 9.47 Å². The van der Waals surface area contributed by atoms with Crippen LogP contribution >= 0.6 is 0 Å². The summed E-state index contributed by atoms with van der Waals surface area (Å²) in [5, 5.41) is 0. The molecule has 1 saturated heterocycles. The zero-order valence-corrected chi connectivity index (χ0v) is 14.5. The Morgan fingerprint density at radius 1 is 1.16 bits per heavy atom. The summed E-state index contributed by atoms with van der Waals surface area (Å²) in [6, 6.07) is 7.36. The number of hydrogen-bond donors (Lipinski definition) is 0. The molecule has 1 aromatic rings. The van der Waals surface area contributed by atoms with Crippen LogP contribution in [0.1, 0.15) is 13.3 Å². The zero-order valence-electron chi connectivity index (χ0n) is 14.5. The van der Waals surface area contributed by atoms with Crippen molar-refractivity contribution >= 4 is 11.9 Å². The summed E-state index contributed by atoms with van der Waals surface area (Å²) in [5.74, 6) is 0.990. The third-order valence-electron chi connectivity index (χ3n) is 4.34. The van der Waals surface area contributed by atoms with E-state index in [0.29, 0.717) is 37.7 Å². The first-order valence-electron chi connectivity index (χ1n) is 8.72. The summed E-state index contributed by atoms with van der Waals surface area (Å²) in [6.07, 6.45) is 0.196. The molecule has 0 saturated carbocycles. The number of carbonyl (C=O) groups is 2. The second-order valence-electron chi connectivity index (χ2n) is 6.12. The van der Waals surface area contributed by atoms with Gasteiger partial charge in [-0.3, -0.25) is 14.5 Å². The van der Waals surface area contributed by atoms with Crippen LogP contribution in [0, 0.1) is 0 Å². The molecule has 25 heavy (non-hydrogen) atoms. The molecule has 1 aromatic carbocycles. The lowest BCUT2D eigenvalue weighted by Crippen LogP contribution is -2.47. The van der Waals surface area contributed by atoms with Crippen LogP contribution in [-0.2, 0) is 14.3 Å². The summed E-state index contributed by atoms with van der Waals surface area (Å²) in [7, 11) is 0. The van der Waals surface area contributed by atoms with Crippen molar-refractivity contribution in [1.82, 2.24) is 9.80 Å². The number of fused-ring (bicyclic) bond motifs is 1. The molecule has 0 aromatic heterocycles. The lowest BCUT2D eigenvalue weighted by molar-refractivity contribution is -0.144. The number of hydrogen-bond acceptors (Lipinski definition) is 6. The monoisotopic (exact) mass is 348 g/mol. The second kappa shape index (κ2) is 8.20. The molecule has 2 aliphatic rings. The van der Waals surface area contributed by atoms with Gasteiger partial charge in [-0.25, -0.2) is 0 Å². The Morgan fingerprint density at radius 2 is 1.96 bits per heavy atom. The summed E-state index contributed by atoms with van der Waals surface area (Å²) in [6.45, 7) is 5.32. The molecule has 0 N–H and O–H groups in total. The Labute approximate surface area is 147 Å². The quantitative estimate of drug-likeness (QED) is 0.754. The van der Waals surface area contributed by atoms with Crippen molar-refractivity contribution in [3.05, 3.63) is 24.3 Å². The number of amides is 1. The lowest BCUT2D eigenvalue weighted by Gasteiger charge is -2.30. The van der Waals surface area contributed by atoms with E-state index >= 15 is 0 Å². The van der Waals surface area contributed by atoms with Crippen molar-refractivity contribution in [2.24, 2.45) is 0 Å². The molecule has 136 valence electrons. The number of ether oxygens (including phenoxy) is 3. The Balaban J connectivity index is 1.54. The first-order valence-corrected chi connectivity index (χ1v) is 8.72.